The summed E-state index contributed by atoms with van der Waals surface area (Å²) in [5.41, 5.74) is 0.338. The fourth-order valence-corrected chi connectivity index (χ4v) is 4.82. The van der Waals surface area contributed by atoms with E-state index in [0.717, 1.165) is 18.2 Å². The molecule has 0 aliphatic carbocycles. The van der Waals surface area contributed by atoms with E-state index in [-0.39, 0.29) is 40.5 Å². The maximum absolute atomic E-state index is 14.6. The fourth-order valence-electron chi connectivity index (χ4n) is 4.82. The van der Waals surface area contributed by atoms with Crippen molar-refractivity contribution in [2.75, 3.05) is 20.3 Å². The van der Waals surface area contributed by atoms with Crippen LogP contribution in [0.25, 0.3) is 22.6 Å². The molecule has 0 spiro atoms. The number of aromatic nitrogens is 2. The number of benzene rings is 2. The number of hydrogen-bond donors (Lipinski definition) is 3. The Morgan fingerprint density at radius 2 is 1.86 bits per heavy atom. The van der Waals surface area contributed by atoms with Gasteiger partial charge in [0.05, 0.1) is 31.1 Å². The lowest BCUT2D eigenvalue weighted by atomic mass is 9.81. The average Bonchev–Trinajstić information content (AvgIpc) is 3.58. The molecular formula is C30H26F4N4O6. The molecule has 2 atom stereocenters. The number of carbonyl (C=O) groups is 2. The van der Waals surface area contributed by atoms with Gasteiger partial charge >= 0.3 is 6.18 Å². The third-order valence-corrected chi connectivity index (χ3v) is 7.59. The van der Waals surface area contributed by atoms with Crippen molar-refractivity contribution < 1.29 is 46.3 Å². The second-order valence-electron chi connectivity index (χ2n) is 10.5. The maximum atomic E-state index is 14.6. The Balaban J connectivity index is 1.54. The summed E-state index contributed by atoms with van der Waals surface area (Å²) in [5, 5.41) is 17.0. The van der Waals surface area contributed by atoms with Crippen LogP contribution in [0.1, 0.15) is 34.1 Å². The van der Waals surface area contributed by atoms with Crippen LogP contribution in [-0.2, 0) is 15.8 Å². The summed E-state index contributed by atoms with van der Waals surface area (Å²) in [6.07, 6.45) is -3.88. The quantitative estimate of drug-likeness (QED) is 0.250. The number of pyridine rings is 1. The number of methoxy groups -OCH3 is 1. The highest BCUT2D eigenvalue weighted by atomic mass is 19.4. The first-order valence-electron chi connectivity index (χ1n) is 13.1. The summed E-state index contributed by atoms with van der Waals surface area (Å²) in [5.74, 6) is -1.92. The number of nitrogens with two attached hydrogens (primary N) is 1. The number of aryl methyl sites for hydroxylation is 1. The number of ether oxygens (including phenoxy) is 2. The van der Waals surface area contributed by atoms with Crippen LogP contribution in [0.4, 0.5) is 17.6 Å². The molecule has 0 saturated heterocycles. The average molecular weight is 615 g/mol. The molecule has 1 aliphatic heterocycles. The summed E-state index contributed by atoms with van der Waals surface area (Å²) in [6.45, 7) is 1.47. The standard InChI is InChI=1S/C30H26F4N4O6/c1-15-12-37-44-24(15)19-9-6-17(10-21(19)42-3)26(39)36-13-29(41,30(32,33)34)22-11-20-25(43-14-28(20,2)27(35)40)23(38-22)16-4-7-18(31)8-5-16/h4-12,41H,13-14H2,1-3H3,(H2,35,40)(H,36,39)/t28-,29-/m0/s1. The van der Waals surface area contributed by atoms with E-state index in [4.69, 9.17) is 19.7 Å². The summed E-state index contributed by atoms with van der Waals surface area (Å²) >= 11 is 0. The first-order chi connectivity index (χ1) is 20.7. The Bertz CT molecular complexity index is 1760. The summed E-state index contributed by atoms with van der Waals surface area (Å²) in [6, 6.07) is 9.67. The van der Waals surface area contributed by atoms with Crippen LogP contribution in [0.15, 0.2) is 59.3 Å². The van der Waals surface area contributed by atoms with Crippen LogP contribution >= 0.6 is 0 Å². The van der Waals surface area contributed by atoms with Gasteiger partial charge in [-0.2, -0.15) is 13.2 Å². The lowest BCUT2D eigenvalue weighted by Crippen LogP contribution is -2.51. The van der Waals surface area contributed by atoms with Gasteiger partial charge in [0.25, 0.3) is 5.91 Å². The van der Waals surface area contributed by atoms with Crippen molar-refractivity contribution in [1.82, 2.24) is 15.5 Å². The van der Waals surface area contributed by atoms with Gasteiger partial charge in [0, 0.05) is 22.3 Å². The number of aliphatic hydroxyl groups is 1. The van der Waals surface area contributed by atoms with Gasteiger partial charge in [0.2, 0.25) is 11.5 Å². The van der Waals surface area contributed by atoms with Crippen molar-refractivity contribution in [3.63, 3.8) is 0 Å². The number of rotatable bonds is 8. The Kier molecular flexibility index (Phi) is 7.58. The molecule has 4 N–H and O–H groups in total. The van der Waals surface area contributed by atoms with Gasteiger partial charge in [0.1, 0.15) is 35.0 Å². The molecular weight excluding hydrogens is 588 g/mol. The monoisotopic (exact) mass is 614 g/mol. The minimum absolute atomic E-state index is 0.0376. The fraction of sp³-hybridized carbons (Fsp3) is 0.267. The zero-order valence-electron chi connectivity index (χ0n) is 23.6. The smallest absolute Gasteiger partial charge is 0.424 e. The van der Waals surface area contributed by atoms with E-state index >= 15 is 0 Å². The zero-order valence-corrected chi connectivity index (χ0v) is 23.6. The number of alkyl halides is 3. The normalized spacial score (nSPS) is 17.4. The zero-order chi connectivity index (χ0) is 32.0. The van der Waals surface area contributed by atoms with Crippen LogP contribution in [0.3, 0.4) is 0 Å². The molecule has 2 aromatic carbocycles. The molecule has 14 heteroatoms. The van der Waals surface area contributed by atoms with Crippen molar-refractivity contribution in [2.45, 2.75) is 31.0 Å². The molecule has 0 radical (unpaired) electrons. The largest absolute Gasteiger partial charge is 0.496 e. The van der Waals surface area contributed by atoms with E-state index in [0.29, 0.717) is 16.9 Å². The van der Waals surface area contributed by atoms with Gasteiger partial charge < -0.3 is 30.2 Å². The van der Waals surface area contributed by atoms with E-state index in [1.54, 1.807) is 6.92 Å². The molecule has 1 aliphatic rings. The predicted molar refractivity (Wildman–Crippen MR) is 147 cm³/mol. The number of nitrogens with one attached hydrogen (secondary N) is 1. The number of carbonyl (C=O) groups excluding carboxylic acids is 2. The van der Waals surface area contributed by atoms with Crippen LogP contribution in [-0.4, -0.2) is 53.5 Å². The van der Waals surface area contributed by atoms with Gasteiger partial charge in [-0.05, 0) is 62.4 Å². The molecule has 4 aromatic rings. The molecule has 5 rings (SSSR count). The van der Waals surface area contributed by atoms with E-state index in [1.807, 2.05) is 0 Å². The highest BCUT2D eigenvalue weighted by Gasteiger charge is 2.57. The lowest BCUT2D eigenvalue weighted by molar-refractivity contribution is -0.265. The molecule has 44 heavy (non-hydrogen) atoms. The summed E-state index contributed by atoms with van der Waals surface area (Å²) < 4.78 is 73.8. The first-order valence-corrected chi connectivity index (χ1v) is 13.1. The van der Waals surface area contributed by atoms with Gasteiger partial charge in [-0.1, -0.05) is 5.16 Å². The molecule has 2 aromatic heterocycles. The Labute approximate surface area is 247 Å². The van der Waals surface area contributed by atoms with Crippen molar-refractivity contribution in [1.29, 1.82) is 0 Å². The molecule has 0 fully saturated rings. The molecule has 0 bridgehead atoms. The van der Waals surface area contributed by atoms with Crippen LogP contribution in [0.2, 0.25) is 0 Å². The highest BCUT2D eigenvalue weighted by Crippen LogP contribution is 2.47. The maximum Gasteiger partial charge on any atom is 0.424 e. The van der Waals surface area contributed by atoms with E-state index in [9.17, 15) is 32.3 Å². The van der Waals surface area contributed by atoms with Crippen LogP contribution in [0.5, 0.6) is 11.5 Å². The Hall–Kier alpha value is -4.98. The predicted octanol–water partition coefficient (Wildman–Crippen LogP) is 4.18. The molecule has 3 heterocycles. The SMILES string of the molecule is COc1cc(C(=O)NC[C@](O)(c2cc3c(c(-c4ccc(F)cc4)n2)OC[C@]3(C)C(N)=O)C(F)(F)F)ccc1-c1oncc1C. The molecule has 0 unspecified atom stereocenters. The van der Waals surface area contributed by atoms with Crippen molar-refractivity contribution in [2.24, 2.45) is 5.73 Å². The number of fused-ring (bicyclic) bond motifs is 1. The van der Waals surface area contributed by atoms with Crippen molar-refractivity contribution in [3.8, 4) is 34.1 Å². The van der Waals surface area contributed by atoms with Crippen LogP contribution in [0, 0.1) is 12.7 Å². The molecule has 2 amide bonds. The van der Waals surface area contributed by atoms with Crippen molar-refractivity contribution in [3.05, 3.63) is 82.9 Å². The molecule has 230 valence electrons. The lowest BCUT2D eigenvalue weighted by Gasteiger charge is -2.31. The number of primary amides is 1. The van der Waals surface area contributed by atoms with Gasteiger partial charge in [-0.15, -0.1) is 0 Å². The minimum Gasteiger partial charge on any atom is -0.496 e. The second kappa shape index (κ2) is 10.9. The third kappa shape index (κ3) is 5.10. The van der Waals surface area contributed by atoms with E-state index in [1.165, 1.54) is 50.6 Å². The number of amides is 2. The topological polar surface area (TPSA) is 150 Å². The number of hydrogen-bond acceptors (Lipinski definition) is 8. The van der Waals surface area contributed by atoms with Gasteiger partial charge in [0.15, 0.2) is 5.76 Å². The molecule has 0 saturated carbocycles. The van der Waals surface area contributed by atoms with Gasteiger partial charge in [-0.25, -0.2) is 9.37 Å². The minimum atomic E-state index is -5.37. The first kappa shape index (κ1) is 30.5. The van der Waals surface area contributed by atoms with E-state index in [2.05, 4.69) is 15.5 Å². The number of nitrogens with zero attached hydrogens (tertiary/aromatic N) is 2. The Morgan fingerprint density at radius 3 is 2.45 bits per heavy atom. The summed E-state index contributed by atoms with van der Waals surface area (Å²) in [4.78, 5) is 29.5. The van der Waals surface area contributed by atoms with Crippen molar-refractivity contribution >= 4 is 11.8 Å². The summed E-state index contributed by atoms with van der Waals surface area (Å²) in [7, 11) is 1.34. The second-order valence-corrected chi connectivity index (χ2v) is 10.5. The Morgan fingerprint density at radius 1 is 1.16 bits per heavy atom. The number of halogens is 4. The highest BCUT2D eigenvalue weighted by molar-refractivity contribution is 5.95. The van der Waals surface area contributed by atoms with Gasteiger partial charge in [-0.3, -0.25) is 9.59 Å². The molecule has 10 nitrogen and oxygen atoms in total. The van der Waals surface area contributed by atoms with Crippen LogP contribution < -0.4 is 20.5 Å². The van der Waals surface area contributed by atoms with E-state index < -0.39 is 47.1 Å². The third-order valence-electron chi connectivity index (χ3n) is 7.59.